The lowest BCUT2D eigenvalue weighted by Crippen LogP contribution is -2.35. The number of ether oxygens (including phenoxy) is 1. The maximum absolute atomic E-state index is 12.9. The summed E-state index contributed by atoms with van der Waals surface area (Å²) >= 11 is 0. The number of hydrogen-bond donors (Lipinski definition) is 1. The average molecular weight is 446 g/mol. The highest BCUT2D eigenvalue weighted by Crippen LogP contribution is 2.22. The van der Waals surface area contributed by atoms with Gasteiger partial charge in [-0.3, -0.25) is 19.5 Å². The second-order valence-corrected chi connectivity index (χ2v) is 8.03. The van der Waals surface area contributed by atoms with Crippen molar-refractivity contribution in [1.82, 2.24) is 19.4 Å². The van der Waals surface area contributed by atoms with Crippen LogP contribution in [0.4, 0.5) is 5.95 Å². The Morgan fingerprint density at radius 1 is 1.18 bits per heavy atom. The van der Waals surface area contributed by atoms with Crippen LogP contribution in [0.1, 0.15) is 52.0 Å². The molecule has 0 bridgehead atoms. The number of hydrogen-bond acceptors (Lipinski definition) is 5. The molecule has 8 nitrogen and oxygen atoms in total. The normalized spacial score (nSPS) is 13.6. The van der Waals surface area contributed by atoms with E-state index in [0.29, 0.717) is 53.4 Å². The molecular formula is C25H27N5O3. The van der Waals surface area contributed by atoms with E-state index in [4.69, 9.17) is 11.2 Å². The van der Waals surface area contributed by atoms with Crippen molar-refractivity contribution in [3.05, 3.63) is 53.2 Å². The number of piperidine rings is 1. The Bertz CT molecular complexity index is 1200. The molecule has 33 heavy (non-hydrogen) atoms. The monoisotopic (exact) mass is 445 g/mol. The van der Waals surface area contributed by atoms with E-state index in [1.165, 1.54) is 0 Å². The summed E-state index contributed by atoms with van der Waals surface area (Å²) < 4.78 is 7.02. The van der Waals surface area contributed by atoms with E-state index in [9.17, 15) is 9.59 Å². The maximum atomic E-state index is 12.9. The predicted molar refractivity (Wildman–Crippen MR) is 126 cm³/mol. The number of anilines is 1. The minimum Gasteiger partial charge on any atom is -0.385 e. The lowest BCUT2D eigenvalue weighted by atomic mass is 10.1. The number of amides is 2. The molecule has 0 unspecified atom stereocenters. The molecule has 0 spiro atoms. The fourth-order valence-corrected chi connectivity index (χ4v) is 4.01. The first-order valence-corrected chi connectivity index (χ1v) is 11.1. The predicted octanol–water partition coefficient (Wildman–Crippen LogP) is 3.33. The van der Waals surface area contributed by atoms with Gasteiger partial charge in [-0.25, -0.2) is 9.97 Å². The van der Waals surface area contributed by atoms with Crippen LogP contribution in [0.2, 0.25) is 0 Å². The molecule has 0 saturated carbocycles. The van der Waals surface area contributed by atoms with Crippen molar-refractivity contribution in [3.63, 3.8) is 0 Å². The van der Waals surface area contributed by atoms with Gasteiger partial charge in [-0.05, 0) is 49.9 Å². The van der Waals surface area contributed by atoms with Gasteiger partial charge in [0.1, 0.15) is 5.52 Å². The molecule has 0 aliphatic carbocycles. The van der Waals surface area contributed by atoms with Crippen molar-refractivity contribution in [3.8, 4) is 12.3 Å². The Morgan fingerprint density at radius 2 is 2.00 bits per heavy atom. The molecule has 1 N–H and O–H groups in total. The number of nitrogens with one attached hydrogen (secondary N) is 1. The van der Waals surface area contributed by atoms with Crippen molar-refractivity contribution in [2.75, 3.05) is 32.1 Å². The van der Waals surface area contributed by atoms with Crippen molar-refractivity contribution < 1.29 is 14.3 Å². The average Bonchev–Trinajstić information content (AvgIpc) is 3.20. The van der Waals surface area contributed by atoms with E-state index < -0.39 is 0 Å². The summed E-state index contributed by atoms with van der Waals surface area (Å²) in [6, 6.07) is 8.61. The highest BCUT2D eigenvalue weighted by atomic mass is 16.5. The molecule has 8 heteroatoms. The lowest BCUT2D eigenvalue weighted by Gasteiger charge is -2.26. The summed E-state index contributed by atoms with van der Waals surface area (Å²) in [6.45, 7) is 2.64. The Hall–Kier alpha value is -3.70. The van der Waals surface area contributed by atoms with Gasteiger partial charge in [0.25, 0.3) is 11.8 Å². The molecular weight excluding hydrogens is 418 g/mol. The van der Waals surface area contributed by atoms with Crippen LogP contribution in [0.25, 0.3) is 11.2 Å². The zero-order valence-corrected chi connectivity index (χ0v) is 18.7. The third-order valence-electron chi connectivity index (χ3n) is 5.72. The van der Waals surface area contributed by atoms with Gasteiger partial charge in [0.2, 0.25) is 5.95 Å². The van der Waals surface area contributed by atoms with Crippen LogP contribution in [0.3, 0.4) is 0 Å². The summed E-state index contributed by atoms with van der Waals surface area (Å²) in [4.78, 5) is 36.8. The SMILES string of the molecule is C#Cc1cccc(C(=O)Nc2nc3cc(C(=O)N4CCCCC4)cnc3n2CCCOC)c1. The number of imidazole rings is 1. The number of aryl methyl sites for hydroxylation is 1. The number of terminal acetylenes is 1. The summed E-state index contributed by atoms with van der Waals surface area (Å²) in [5.74, 6) is 2.55. The summed E-state index contributed by atoms with van der Waals surface area (Å²) in [6.07, 6.45) is 11.0. The molecule has 4 rings (SSSR count). The summed E-state index contributed by atoms with van der Waals surface area (Å²) in [7, 11) is 1.64. The zero-order valence-electron chi connectivity index (χ0n) is 18.7. The molecule has 1 aromatic carbocycles. The lowest BCUT2D eigenvalue weighted by molar-refractivity contribution is 0.0724. The van der Waals surface area contributed by atoms with Gasteiger partial charge < -0.3 is 9.64 Å². The zero-order chi connectivity index (χ0) is 23.2. The molecule has 1 aliphatic heterocycles. The number of aromatic nitrogens is 3. The van der Waals surface area contributed by atoms with E-state index in [1.54, 1.807) is 43.6 Å². The van der Waals surface area contributed by atoms with Gasteiger partial charge in [-0.15, -0.1) is 6.42 Å². The van der Waals surface area contributed by atoms with Crippen LogP contribution in [-0.4, -0.2) is 58.1 Å². The number of fused-ring (bicyclic) bond motifs is 1. The largest absolute Gasteiger partial charge is 0.385 e. The smallest absolute Gasteiger partial charge is 0.258 e. The fraction of sp³-hybridized carbons (Fsp3) is 0.360. The van der Waals surface area contributed by atoms with Crippen molar-refractivity contribution in [2.24, 2.45) is 0 Å². The molecule has 1 aliphatic rings. The molecule has 2 aromatic heterocycles. The summed E-state index contributed by atoms with van der Waals surface area (Å²) in [5.41, 5.74) is 2.73. The summed E-state index contributed by atoms with van der Waals surface area (Å²) in [5, 5.41) is 2.87. The molecule has 170 valence electrons. The first-order valence-electron chi connectivity index (χ1n) is 11.1. The van der Waals surface area contributed by atoms with Crippen LogP contribution >= 0.6 is 0 Å². The quantitative estimate of drug-likeness (QED) is 0.445. The van der Waals surface area contributed by atoms with Gasteiger partial charge >= 0.3 is 0 Å². The van der Waals surface area contributed by atoms with Crippen molar-refractivity contribution in [2.45, 2.75) is 32.2 Å². The van der Waals surface area contributed by atoms with Gasteiger partial charge in [-0.2, -0.15) is 0 Å². The number of methoxy groups -OCH3 is 1. The third-order valence-corrected chi connectivity index (χ3v) is 5.72. The molecule has 1 saturated heterocycles. The Kier molecular flexibility index (Phi) is 7.01. The standard InChI is InChI=1S/C25H27N5O3/c1-3-18-9-7-10-19(15-18)23(31)28-25-27-21-16-20(24(32)29-11-5-4-6-12-29)17-26-22(21)30(25)13-8-14-33-2/h1,7,9-10,15-17H,4-6,8,11-14H2,2H3,(H,27,28,31). The number of benzene rings is 1. The molecule has 0 atom stereocenters. The van der Waals surface area contributed by atoms with E-state index in [0.717, 1.165) is 32.4 Å². The Labute approximate surface area is 193 Å². The number of likely N-dealkylation sites (tertiary alicyclic amines) is 1. The van der Waals surface area contributed by atoms with E-state index in [1.807, 2.05) is 9.47 Å². The van der Waals surface area contributed by atoms with Crippen LogP contribution in [-0.2, 0) is 11.3 Å². The number of carbonyl (C=O) groups is 2. The number of carbonyl (C=O) groups excluding carboxylic acids is 2. The Morgan fingerprint density at radius 3 is 2.76 bits per heavy atom. The first kappa shape index (κ1) is 22.5. The second kappa shape index (κ2) is 10.3. The van der Waals surface area contributed by atoms with Gasteiger partial charge in [0.15, 0.2) is 5.65 Å². The first-order chi connectivity index (χ1) is 16.1. The third kappa shape index (κ3) is 5.04. The topological polar surface area (TPSA) is 89.4 Å². The minimum absolute atomic E-state index is 0.0327. The van der Waals surface area contributed by atoms with E-state index in [2.05, 4.69) is 21.2 Å². The molecule has 2 amide bonds. The van der Waals surface area contributed by atoms with Gasteiger partial charge in [-0.1, -0.05) is 12.0 Å². The fourth-order valence-electron chi connectivity index (χ4n) is 4.01. The van der Waals surface area contributed by atoms with E-state index >= 15 is 0 Å². The van der Waals surface area contributed by atoms with E-state index in [-0.39, 0.29) is 11.8 Å². The van der Waals surface area contributed by atoms with Crippen LogP contribution in [0, 0.1) is 12.3 Å². The number of nitrogens with zero attached hydrogens (tertiary/aromatic N) is 4. The molecule has 0 radical (unpaired) electrons. The van der Waals surface area contributed by atoms with Crippen molar-refractivity contribution >= 4 is 28.9 Å². The van der Waals surface area contributed by atoms with Crippen LogP contribution in [0.15, 0.2) is 36.5 Å². The number of rotatable bonds is 7. The highest BCUT2D eigenvalue weighted by molar-refractivity contribution is 6.04. The van der Waals surface area contributed by atoms with Crippen LogP contribution in [0.5, 0.6) is 0 Å². The second-order valence-electron chi connectivity index (χ2n) is 8.03. The highest BCUT2D eigenvalue weighted by Gasteiger charge is 2.21. The van der Waals surface area contributed by atoms with Crippen LogP contribution < -0.4 is 5.32 Å². The molecule has 3 heterocycles. The van der Waals surface area contributed by atoms with Crippen molar-refractivity contribution in [1.29, 1.82) is 0 Å². The van der Waals surface area contributed by atoms with Gasteiger partial charge in [0.05, 0.1) is 5.56 Å². The molecule has 1 fully saturated rings. The number of pyridine rings is 1. The van der Waals surface area contributed by atoms with Gasteiger partial charge in [0, 0.05) is 50.7 Å². The Balaban J connectivity index is 1.64. The molecule has 3 aromatic rings. The maximum Gasteiger partial charge on any atom is 0.258 e. The minimum atomic E-state index is -0.319.